The van der Waals surface area contributed by atoms with Crippen molar-refractivity contribution in [2.75, 3.05) is 20.0 Å². The second kappa shape index (κ2) is 28.2. The van der Waals surface area contributed by atoms with Crippen molar-refractivity contribution >= 4 is 28.4 Å². The molecule has 0 bridgehead atoms. The highest BCUT2D eigenvalue weighted by atomic mass is 32.1. The van der Waals surface area contributed by atoms with E-state index in [1.54, 1.807) is 14.2 Å². The molecule has 198 valence electrons. The van der Waals surface area contributed by atoms with Gasteiger partial charge in [-0.2, -0.15) is 12.6 Å². The highest BCUT2D eigenvalue weighted by Gasteiger charge is 2.04. The fraction of sp³-hybridized carbons (Fsp3) is 0.963. The van der Waals surface area contributed by atoms with Crippen molar-refractivity contribution in [1.29, 1.82) is 0 Å². The average Bonchev–Trinajstić information content (AvgIpc) is 2.83. The minimum Gasteiger partial charge on any atom is -0.525 e. The number of rotatable bonds is 27. The first kappa shape index (κ1) is 33.0. The summed E-state index contributed by atoms with van der Waals surface area (Å²) < 4.78 is 15.9. The summed E-state index contributed by atoms with van der Waals surface area (Å²) in [4.78, 5) is 11.8. The van der Waals surface area contributed by atoms with Crippen molar-refractivity contribution < 1.29 is 18.7 Å². The van der Waals surface area contributed by atoms with E-state index in [2.05, 4.69) is 12.6 Å². The van der Waals surface area contributed by atoms with E-state index >= 15 is 0 Å². The van der Waals surface area contributed by atoms with Gasteiger partial charge in [0.2, 0.25) is 9.76 Å². The molecular weight excluding hydrogens is 448 g/mol. The Morgan fingerprint density at radius 2 is 1.06 bits per heavy atom. The molecule has 0 saturated carbocycles. The lowest BCUT2D eigenvalue weighted by Crippen LogP contribution is -2.12. The Hall–Kier alpha value is -0.0431. The predicted octanol–water partition coefficient (Wildman–Crippen LogP) is 7.77. The molecule has 33 heavy (non-hydrogen) atoms. The molecule has 0 unspecified atom stereocenters. The lowest BCUT2D eigenvalue weighted by molar-refractivity contribution is -0.134. The topological polar surface area (TPSA) is 44.8 Å². The molecule has 0 aromatic heterocycles. The zero-order valence-corrected chi connectivity index (χ0v) is 24.4. The Kier molecular flexibility index (Phi) is 28.2. The van der Waals surface area contributed by atoms with Gasteiger partial charge in [0, 0.05) is 20.6 Å². The smallest absolute Gasteiger partial charge is 0.292 e. The number of methoxy groups -OCH3 is 2. The summed E-state index contributed by atoms with van der Waals surface area (Å²) in [5.41, 5.74) is 0. The van der Waals surface area contributed by atoms with Gasteiger partial charge in [-0.05, 0) is 37.5 Å². The molecule has 4 nitrogen and oxygen atoms in total. The third-order valence-electron chi connectivity index (χ3n) is 6.41. The van der Waals surface area contributed by atoms with E-state index < -0.39 is 9.76 Å². The average molecular weight is 505 g/mol. The van der Waals surface area contributed by atoms with E-state index in [-0.39, 0.29) is 12.3 Å². The second-order valence-corrected chi connectivity index (χ2v) is 11.3. The third kappa shape index (κ3) is 26.4. The van der Waals surface area contributed by atoms with E-state index in [0.717, 1.165) is 24.6 Å². The maximum Gasteiger partial charge on any atom is 0.292 e. The summed E-state index contributed by atoms with van der Waals surface area (Å²) >= 11 is 4.23. The van der Waals surface area contributed by atoms with Crippen LogP contribution in [0.15, 0.2) is 0 Å². The molecule has 6 heteroatoms. The zero-order valence-electron chi connectivity index (χ0n) is 22.1. The Morgan fingerprint density at radius 1 is 0.636 bits per heavy atom. The van der Waals surface area contributed by atoms with E-state index in [1.807, 2.05) is 0 Å². The standard InChI is InChI=1S/C27H56O4SSi/c1-29-27(30-2)23-19-15-12-10-8-6-4-3-5-7-9-11-14-18-22-26(28)31-33-25-21-17-13-16-20-24-32/h27,32H,3-25,33H2,1-2H3. The quantitative estimate of drug-likeness (QED) is 0.0537. The van der Waals surface area contributed by atoms with Crippen molar-refractivity contribution in [3.8, 4) is 0 Å². The SMILES string of the molecule is COC(CCCCCCCCCCCCCCCCC(=O)O[SiH2]CCCCCCCS)OC. The van der Waals surface area contributed by atoms with Gasteiger partial charge in [0.05, 0.1) is 0 Å². The number of ether oxygens (including phenoxy) is 2. The molecule has 0 amide bonds. The maximum atomic E-state index is 11.8. The minimum atomic E-state index is -0.620. The summed E-state index contributed by atoms with van der Waals surface area (Å²) in [5.74, 6) is 1.06. The molecule has 0 saturated heterocycles. The van der Waals surface area contributed by atoms with Crippen molar-refractivity contribution in [2.24, 2.45) is 0 Å². The highest BCUT2D eigenvalue weighted by molar-refractivity contribution is 7.80. The maximum absolute atomic E-state index is 11.8. The molecule has 0 aliphatic carbocycles. The summed E-state index contributed by atoms with van der Waals surface area (Å²) in [7, 11) is 2.81. The van der Waals surface area contributed by atoms with E-state index in [1.165, 1.54) is 116 Å². The molecule has 0 spiro atoms. The molecule has 0 radical (unpaired) electrons. The summed E-state index contributed by atoms with van der Waals surface area (Å²) in [6.07, 6.45) is 26.2. The molecule has 0 atom stereocenters. The normalized spacial score (nSPS) is 11.8. The first-order valence-electron chi connectivity index (χ1n) is 14.1. The molecule has 0 aliphatic rings. The van der Waals surface area contributed by atoms with Crippen molar-refractivity contribution in [3.05, 3.63) is 0 Å². The van der Waals surface area contributed by atoms with Gasteiger partial charge in [-0.25, -0.2) is 0 Å². The lowest BCUT2D eigenvalue weighted by atomic mass is 10.0. The Bertz CT molecular complexity index is 394. The van der Waals surface area contributed by atoms with Crippen LogP contribution >= 0.6 is 12.6 Å². The Balaban J connectivity index is 3.17. The van der Waals surface area contributed by atoms with E-state index in [9.17, 15) is 4.79 Å². The first-order chi connectivity index (χ1) is 16.2. The monoisotopic (exact) mass is 504 g/mol. The Labute approximate surface area is 214 Å². The van der Waals surface area contributed by atoms with Gasteiger partial charge in [-0.3, -0.25) is 4.79 Å². The van der Waals surface area contributed by atoms with Gasteiger partial charge < -0.3 is 13.9 Å². The van der Waals surface area contributed by atoms with Crippen LogP contribution in [0.1, 0.15) is 135 Å². The summed E-state index contributed by atoms with van der Waals surface area (Å²) in [6.45, 7) is 0. The van der Waals surface area contributed by atoms with Gasteiger partial charge in [0.15, 0.2) is 6.29 Å². The zero-order chi connectivity index (χ0) is 24.2. The van der Waals surface area contributed by atoms with Crippen LogP contribution in [0, 0.1) is 0 Å². The van der Waals surface area contributed by atoms with Gasteiger partial charge in [0.25, 0.3) is 5.97 Å². The Morgan fingerprint density at radius 3 is 1.55 bits per heavy atom. The molecular formula is C27H56O4SSi. The van der Waals surface area contributed by atoms with Gasteiger partial charge in [-0.15, -0.1) is 0 Å². The van der Waals surface area contributed by atoms with Crippen LogP contribution in [0.5, 0.6) is 0 Å². The number of unbranched alkanes of at least 4 members (excludes halogenated alkanes) is 17. The molecule has 0 N–H and O–H groups in total. The van der Waals surface area contributed by atoms with Crippen LogP contribution in [0.3, 0.4) is 0 Å². The van der Waals surface area contributed by atoms with Crippen LogP contribution in [-0.2, 0) is 18.7 Å². The van der Waals surface area contributed by atoms with Crippen molar-refractivity contribution in [3.63, 3.8) is 0 Å². The molecule has 0 fully saturated rings. The number of carbonyl (C=O) groups is 1. The predicted molar refractivity (Wildman–Crippen MR) is 148 cm³/mol. The van der Waals surface area contributed by atoms with Crippen LogP contribution < -0.4 is 0 Å². The van der Waals surface area contributed by atoms with Crippen LogP contribution in [0.2, 0.25) is 6.04 Å². The lowest BCUT2D eigenvalue weighted by Gasteiger charge is -2.12. The number of carbonyl (C=O) groups excluding carboxylic acids is 1. The van der Waals surface area contributed by atoms with Crippen molar-refractivity contribution in [2.45, 2.75) is 147 Å². The number of hydrogen-bond donors (Lipinski definition) is 1. The largest absolute Gasteiger partial charge is 0.525 e. The first-order valence-corrected chi connectivity index (χ1v) is 16.3. The van der Waals surface area contributed by atoms with E-state index in [0.29, 0.717) is 6.42 Å². The van der Waals surface area contributed by atoms with Crippen molar-refractivity contribution in [1.82, 2.24) is 0 Å². The molecule has 0 aromatic rings. The summed E-state index contributed by atoms with van der Waals surface area (Å²) in [5, 5.41) is 0. The van der Waals surface area contributed by atoms with Crippen LogP contribution in [0.4, 0.5) is 0 Å². The molecule has 0 heterocycles. The number of hydrogen-bond acceptors (Lipinski definition) is 5. The second-order valence-electron chi connectivity index (χ2n) is 9.45. The van der Waals surface area contributed by atoms with Gasteiger partial charge >= 0.3 is 0 Å². The fourth-order valence-electron chi connectivity index (χ4n) is 4.21. The van der Waals surface area contributed by atoms with E-state index in [4.69, 9.17) is 13.9 Å². The number of thiol groups is 1. The molecule has 0 rings (SSSR count). The summed E-state index contributed by atoms with van der Waals surface area (Å²) in [6, 6.07) is 1.15. The molecule has 0 aromatic carbocycles. The third-order valence-corrected chi connectivity index (χ3v) is 8.04. The van der Waals surface area contributed by atoms with Gasteiger partial charge in [-0.1, -0.05) is 103 Å². The highest BCUT2D eigenvalue weighted by Crippen LogP contribution is 2.15. The fourth-order valence-corrected chi connectivity index (χ4v) is 5.51. The molecule has 0 aliphatic heterocycles. The van der Waals surface area contributed by atoms with Gasteiger partial charge in [0.1, 0.15) is 0 Å². The van der Waals surface area contributed by atoms with Crippen LogP contribution in [0.25, 0.3) is 0 Å². The minimum absolute atomic E-state index is 0.0223. The van der Waals surface area contributed by atoms with Crippen LogP contribution in [-0.4, -0.2) is 42.0 Å².